The largest absolute Gasteiger partial charge is 0.336 e. The zero-order valence-corrected chi connectivity index (χ0v) is 13.6. The number of rotatable bonds is 5. The summed E-state index contributed by atoms with van der Waals surface area (Å²) in [6.07, 6.45) is 7.24. The maximum atomic E-state index is 12.8. The summed E-state index contributed by atoms with van der Waals surface area (Å²) >= 11 is 0. The quantitative estimate of drug-likeness (QED) is 0.614. The molecule has 0 radical (unpaired) electrons. The molecule has 0 aliphatic heterocycles. The van der Waals surface area contributed by atoms with Crippen LogP contribution in [0.25, 0.3) is 0 Å². The molecule has 124 valence electrons. The van der Waals surface area contributed by atoms with Crippen LogP contribution in [-0.2, 0) is 11.2 Å². The summed E-state index contributed by atoms with van der Waals surface area (Å²) in [5, 5.41) is 10.7. The monoisotopic (exact) mass is 316 g/mol. The van der Waals surface area contributed by atoms with Crippen molar-refractivity contribution in [1.29, 1.82) is 0 Å². The smallest absolute Gasteiger partial charge is 0.269 e. The molecule has 1 aromatic rings. The molecular weight excluding hydrogens is 292 g/mol. The molecule has 1 amide bonds. The minimum Gasteiger partial charge on any atom is -0.336 e. The normalized spacial score (nSPS) is 24.2. The second-order valence-corrected chi connectivity index (χ2v) is 7.05. The maximum Gasteiger partial charge on any atom is 0.269 e. The van der Waals surface area contributed by atoms with Crippen molar-refractivity contribution in [3.8, 4) is 0 Å². The van der Waals surface area contributed by atoms with Gasteiger partial charge < -0.3 is 4.90 Å². The first-order chi connectivity index (χ1) is 11.0. The molecule has 5 heteroatoms. The number of amides is 1. The molecule has 2 fully saturated rings. The fourth-order valence-corrected chi connectivity index (χ4v) is 3.58. The van der Waals surface area contributed by atoms with E-state index in [4.69, 9.17) is 0 Å². The zero-order valence-electron chi connectivity index (χ0n) is 13.6. The van der Waals surface area contributed by atoms with Crippen LogP contribution in [0.3, 0.4) is 0 Å². The van der Waals surface area contributed by atoms with Crippen LogP contribution in [-0.4, -0.2) is 27.8 Å². The Balaban J connectivity index is 1.65. The highest BCUT2D eigenvalue weighted by atomic mass is 16.6. The van der Waals surface area contributed by atoms with E-state index in [1.165, 1.54) is 25.0 Å². The molecule has 3 rings (SSSR count). The zero-order chi connectivity index (χ0) is 16.4. The van der Waals surface area contributed by atoms with Gasteiger partial charge in [0.1, 0.15) is 0 Å². The summed E-state index contributed by atoms with van der Waals surface area (Å²) < 4.78 is 0. The molecule has 23 heavy (non-hydrogen) atoms. The molecule has 0 aromatic heterocycles. The lowest BCUT2D eigenvalue weighted by molar-refractivity contribution is -0.384. The molecule has 5 nitrogen and oxygen atoms in total. The first kappa shape index (κ1) is 16.0. The average molecular weight is 316 g/mol. The van der Waals surface area contributed by atoms with E-state index in [1.54, 1.807) is 12.1 Å². The third-order valence-corrected chi connectivity index (χ3v) is 5.11. The summed E-state index contributed by atoms with van der Waals surface area (Å²) in [5.41, 5.74) is 0.928. The number of nitro groups is 1. The number of benzene rings is 1. The lowest BCUT2D eigenvalue weighted by Gasteiger charge is -2.36. The van der Waals surface area contributed by atoms with Crippen LogP contribution in [0.5, 0.6) is 0 Å². The number of hydrogen-bond donors (Lipinski definition) is 0. The van der Waals surface area contributed by atoms with Crippen molar-refractivity contribution in [2.45, 2.75) is 64.0 Å². The predicted molar refractivity (Wildman–Crippen MR) is 88.1 cm³/mol. The number of carbonyl (C=O) groups is 1. The van der Waals surface area contributed by atoms with Crippen LogP contribution >= 0.6 is 0 Å². The molecular formula is C18H24N2O3. The van der Waals surface area contributed by atoms with E-state index in [0.717, 1.165) is 37.2 Å². The highest BCUT2D eigenvalue weighted by Crippen LogP contribution is 2.35. The van der Waals surface area contributed by atoms with Gasteiger partial charge in [-0.3, -0.25) is 14.9 Å². The van der Waals surface area contributed by atoms with E-state index < -0.39 is 4.92 Å². The van der Waals surface area contributed by atoms with Gasteiger partial charge in [0, 0.05) is 24.2 Å². The van der Waals surface area contributed by atoms with Crippen molar-refractivity contribution < 1.29 is 9.72 Å². The van der Waals surface area contributed by atoms with E-state index in [0.29, 0.717) is 18.5 Å². The van der Waals surface area contributed by atoms with Crippen molar-refractivity contribution in [2.24, 2.45) is 5.92 Å². The Kier molecular flexibility index (Phi) is 4.64. The molecule has 0 saturated heterocycles. The molecule has 2 aliphatic rings. The number of non-ortho nitro benzene ring substituents is 1. The summed E-state index contributed by atoms with van der Waals surface area (Å²) in [4.78, 5) is 25.2. The Morgan fingerprint density at radius 2 is 1.61 bits per heavy atom. The minimum atomic E-state index is -0.411. The van der Waals surface area contributed by atoms with Gasteiger partial charge in [0.25, 0.3) is 5.69 Å². The van der Waals surface area contributed by atoms with Crippen LogP contribution in [0.2, 0.25) is 0 Å². The van der Waals surface area contributed by atoms with E-state index in [-0.39, 0.29) is 11.6 Å². The van der Waals surface area contributed by atoms with Gasteiger partial charge >= 0.3 is 0 Å². The van der Waals surface area contributed by atoms with Crippen LogP contribution in [0, 0.1) is 16.0 Å². The van der Waals surface area contributed by atoms with Gasteiger partial charge in [0.15, 0.2) is 0 Å². The maximum absolute atomic E-state index is 12.8. The van der Waals surface area contributed by atoms with Crippen LogP contribution in [0.4, 0.5) is 5.69 Å². The first-order valence-electron chi connectivity index (χ1n) is 8.59. The highest BCUT2D eigenvalue weighted by Gasteiger charge is 2.38. The number of nitrogens with zero attached hydrogens (tertiary/aromatic N) is 2. The van der Waals surface area contributed by atoms with Crippen LogP contribution in [0.15, 0.2) is 24.3 Å². The summed E-state index contributed by atoms with van der Waals surface area (Å²) in [5.74, 6) is 0.956. The fourth-order valence-electron chi connectivity index (χ4n) is 3.58. The van der Waals surface area contributed by atoms with Crippen LogP contribution < -0.4 is 0 Å². The molecule has 0 heterocycles. The van der Waals surface area contributed by atoms with Gasteiger partial charge in [0.05, 0.1) is 11.3 Å². The Labute approximate surface area is 136 Å². The predicted octanol–water partition coefficient (Wildman–Crippen LogP) is 3.71. The standard InChI is InChI=1S/C18H24N2O3/c1-13-2-6-15(7-3-13)19(16-10-11-16)18(21)12-14-4-8-17(9-5-14)20(22)23/h4-5,8-9,13,15-16H,2-3,6-7,10-12H2,1H3. The molecule has 0 bridgehead atoms. The second-order valence-electron chi connectivity index (χ2n) is 7.05. The summed E-state index contributed by atoms with van der Waals surface area (Å²) in [7, 11) is 0. The molecule has 1 aromatic carbocycles. The van der Waals surface area contributed by atoms with Crippen molar-refractivity contribution in [1.82, 2.24) is 4.90 Å². The molecule has 0 N–H and O–H groups in total. The summed E-state index contributed by atoms with van der Waals surface area (Å²) in [6, 6.07) is 7.18. The Hall–Kier alpha value is -1.91. The third-order valence-electron chi connectivity index (χ3n) is 5.11. The molecule has 0 spiro atoms. The lowest BCUT2D eigenvalue weighted by atomic mass is 9.86. The molecule has 0 unspecified atom stereocenters. The molecule has 2 saturated carbocycles. The first-order valence-corrected chi connectivity index (χ1v) is 8.59. The van der Waals surface area contributed by atoms with Crippen LogP contribution in [0.1, 0.15) is 51.0 Å². The number of nitro benzene ring substituents is 1. The SMILES string of the molecule is CC1CCC(N(C(=O)Cc2ccc([N+](=O)[O-])cc2)C2CC2)CC1. The van der Waals surface area contributed by atoms with Crippen molar-refractivity contribution in [2.75, 3.05) is 0 Å². The lowest BCUT2D eigenvalue weighted by Crippen LogP contribution is -2.44. The fraction of sp³-hybridized carbons (Fsp3) is 0.611. The van der Waals surface area contributed by atoms with E-state index in [1.807, 2.05) is 0 Å². The average Bonchev–Trinajstić information content (AvgIpc) is 3.35. The molecule has 2 aliphatic carbocycles. The Morgan fingerprint density at radius 1 is 1.09 bits per heavy atom. The van der Waals surface area contributed by atoms with Gasteiger partial charge in [-0.15, -0.1) is 0 Å². The van der Waals surface area contributed by atoms with Gasteiger partial charge in [-0.05, 0) is 50.0 Å². The number of carbonyl (C=O) groups excluding carboxylic acids is 1. The number of hydrogen-bond acceptors (Lipinski definition) is 3. The summed E-state index contributed by atoms with van der Waals surface area (Å²) in [6.45, 7) is 2.29. The minimum absolute atomic E-state index is 0.0708. The Morgan fingerprint density at radius 3 is 2.09 bits per heavy atom. The highest BCUT2D eigenvalue weighted by molar-refractivity contribution is 5.79. The van der Waals surface area contributed by atoms with E-state index in [9.17, 15) is 14.9 Å². The molecule has 0 atom stereocenters. The van der Waals surface area contributed by atoms with Gasteiger partial charge in [-0.2, -0.15) is 0 Å². The van der Waals surface area contributed by atoms with E-state index >= 15 is 0 Å². The van der Waals surface area contributed by atoms with Gasteiger partial charge in [0.2, 0.25) is 5.91 Å². The topological polar surface area (TPSA) is 63.5 Å². The van der Waals surface area contributed by atoms with E-state index in [2.05, 4.69) is 11.8 Å². The van der Waals surface area contributed by atoms with Crippen molar-refractivity contribution >= 4 is 11.6 Å². The van der Waals surface area contributed by atoms with Gasteiger partial charge in [-0.25, -0.2) is 0 Å². The van der Waals surface area contributed by atoms with Crippen molar-refractivity contribution in [3.63, 3.8) is 0 Å². The third kappa shape index (κ3) is 3.89. The van der Waals surface area contributed by atoms with Crippen molar-refractivity contribution in [3.05, 3.63) is 39.9 Å². The van der Waals surface area contributed by atoms with Gasteiger partial charge in [-0.1, -0.05) is 19.1 Å². The Bertz CT molecular complexity index is 572. The second kappa shape index (κ2) is 6.69.